The van der Waals surface area contributed by atoms with Crippen LogP contribution in [0.1, 0.15) is 0 Å². The van der Waals surface area contributed by atoms with Crippen LogP contribution in [-0.4, -0.2) is 29.4 Å². The fraction of sp³-hybridized carbons (Fsp3) is 0.182. The number of ether oxygens (including phenoxy) is 2. The van der Waals surface area contributed by atoms with Gasteiger partial charge in [-0.25, -0.2) is 4.98 Å². The predicted octanol–water partition coefficient (Wildman–Crippen LogP) is 1.56. The van der Waals surface area contributed by atoms with Gasteiger partial charge in [0, 0.05) is 11.6 Å². The summed E-state index contributed by atoms with van der Waals surface area (Å²) in [6.07, 6.45) is 2.99. The van der Waals surface area contributed by atoms with Gasteiger partial charge in [-0.05, 0) is 12.1 Å². The first-order valence-corrected chi connectivity index (χ1v) is 4.70. The topological polar surface area (TPSA) is 57.1 Å². The molecule has 82 valence electrons. The van der Waals surface area contributed by atoms with E-state index in [4.69, 9.17) is 9.47 Å². The Hall–Kier alpha value is -2.17. The van der Waals surface area contributed by atoms with Crippen LogP contribution < -0.4 is 9.47 Å². The zero-order valence-electron chi connectivity index (χ0n) is 9.04. The summed E-state index contributed by atoms with van der Waals surface area (Å²) in [4.78, 5) is 4.12. The molecule has 5 nitrogen and oxygen atoms in total. The number of methoxy groups -OCH3 is 2. The molecule has 0 aliphatic rings. The van der Waals surface area contributed by atoms with Crippen LogP contribution in [0, 0.1) is 0 Å². The van der Waals surface area contributed by atoms with E-state index in [1.165, 1.54) is 6.33 Å². The molecule has 5 heteroatoms. The zero-order chi connectivity index (χ0) is 11.4. The van der Waals surface area contributed by atoms with E-state index in [1.54, 1.807) is 26.5 Å². The molecule has 0 saturated carbocycles. The summed E-state index contributed by atoms with van der Waals surface area (Å²) in [7, 11) is 3.22. The van der Waals surface area contributed by atoms with Gasteiger partial charge in [0.2, 0.25) is 0 Å². The van der Waals surface area contributed by atoms with Crippen molar-refractivity contribution in [1.29, 1.82) is 0 Å². The predicted molar refractivity (Wildman–Crippen MR) is 58.4 cm³/mol. The standard InChI is InChI=1S/C11H11N3O2/c1-15-8-3-4-9(11(5-8)16-2)10-6-13-14-7-12-10/h3-7H,1-2H3. The normalized spacial score (nSPS) is 9.88. The van der Waals surface area contributed by atoms with Crippen molar-refractivity contribution >= 4 is 0 Å². The Morgan fingerprint density at radius 2 is 1.94 bits per heavy atom. The van der Waals surface area contributed by atoms with Crippen LogP contribution >= 0.6 is 0 Å². The second kappa shape index (κ2) is 4.57. The van der Waals surface area contributed by atoms with Crippen molar-refractivity contribution < 1.29 is 9.47 Å². The summed E-state index contributed by atoms with van der Waals surface area (Å²) in [5.41, 5.74) is 1.58. The van der Waals surface area contributed by atoms with Crippen molar-refractivity contribution in [2.45, 2.75) is 0 Å². The molecule has 0 saturated heterocycles. The third kappa shape index (κ3) is 1.93. The van der Waals surface area contributed by atoms with Crippen LogP contribution in [0.2, 0.25) is 0 Å². The summed E-state index contributed by atoms with van der Waals surface area (Å²) < 4.78 is 10.4. The number of rotatable bonds is 3. The average molecular weight is 217 g/mol. The molecular formula is C11H11N3O2. The van der Waals surface area contributed by atoms with E-state index in [0.717, 1.165) is 17.0 Å². The number of hydrogen-bond donors (Lipinski definition) is 0. The van der Waals surface area contributed by atoms with Crippen molar-refractivity contribution in [3.05, 3.63) is 30.7 Å². The van der Waals surface area contributed by atoms with Crippen LogP contribution in [0.3, 0.4) is 0 Å². The van der Waals surface area contributed by atoms with Crippen LogP contribution in [-0.2, 0) is 0 Å². The highest BCUT2D eigenvalue weighted by Gasteiger charge is 2.08. The Balaban J connectivity index is 2.49. The average Bonchev–Trinajstić information content (AvgIpc) is 2.39. The van der Waals surface area contributed by atoms with Crippen molar-refractivity contribution in [3.63, 3.8) is 0 Å². The first kappa shape index (κ1) is 10.4. The molecule has 1 heterocycles. The molecule has 0 atom stereocenters. The first-order chi connectivity index (χ1) is 7.85. The maximum absolute atomic E-state index is 5.27. The van der Waals surface area contributed by atoms with Gasteiger partial charge in [-0.2, -0.15) is 5.10 Å². The Morgan fingerprint density at radius 3 is 2.56 bits per heavy atom. The van der Waals surface area contributed by atoms with Gasteiger partial charge >= 0.3 is 0 Å². The van der Waals surface area contributed by atoms with Crippen LogP contribution in [0.4, 0.5) is 0 Å². The quantitative estimate of drug-likeness (QED) is 0.780. The van der Waals surface area contributed by atoms with Gasteiger partial charge < -0.3 is 9.47 Å². The second-order valence-electron chi connectivity index (χ2n) is 3.06. The van der Waals surface area contributed by atoms with Crippen LogP contribution in [0.15, 0.2) is 30.7 Å². The van der Waals surface area contributed by atoms with Gasteiger partial charge in [-0.3, -0.25) is 0 Å². The smallest absolute Gasteiger partial charge is 0.138 e. The van der Waals surface area contributed by atoms with Gasteiger partial charge in [0.05, 0.1) is 26.1 Å². The monoisotopic (exact) mass is 217 g/mol. The van der Waals surface area contributed by atoms with Crippen molar-refractivity contribution in [1.82, 2.24) is 15.2 Å². The number of aromatic nitrogens is 3. The van der Waals surface area contributed by atoms with E-state index in [2.05, 4.69) is 15.2 Å². The maximum atomic E-state index is 5.27. The number of nitrogens with zero attached hydrogens (tertiary/aromatic N) is 3. The van der Waals surface area contributed by atoms with E-state index >= 15 is 0 Å². The molecule has 0 aliphatic carbocycles. The molecule has 0 unspecified atom stereocenters. The lowest BCUT2D eigenvalue weighted by molar-refractivity contribution is 0.395. The summed E-state index contributed by atoms with van der Waals surface area (Å²) in [5, 5.41) is 7.41. The van der Waals surface area contributed by atoms with Gasteiger partial charge in [0.1, 0.15) is 17.8 Å². The largest absolute Gasteiger partial charge is 0.497 e. The first-order valence-electron chi connectivity index (χ1n) is 4.70. The molecular weight excluding hydrogens is 206 g/mol. The Labute approximate surface area is 93.1 Å². The number of hydrogen-bond acceptors (Lipinski definition) is 5. The molecule has 1 aromatic carbocycles. The van der Waals surface area contributed by atoms with Crippen LogP contribution in [0.5, 0.6) is 11.5 Å². The van der Waals surface area contributed by atoms with E-state index in [1.807, 2.05) is 12.1 Å². The third-order valence-electron chi connectivity index (χ3n) is 2.18. The van der Waals surface area contributed by atoms with Gasteiger partial charge in [0.15, 0.2) is 0 Å². The summed E-state index contributed by atoms with van der Waals surface area (Å²) in [6.45, 7) is 0. The van der Waals surface area contributed by atoms with E-state index in [9.17, 15) is 0 Å². The van der Waals surface area contributed by atoms with Crippen molar-refractivity contribution in [3.8, 4) is 22.8 Å². The molecule has 0 bridgehead atoms. The molecule has 0 spiro atoms. The molecule has 1 aromatic heterocycles. The minimum atomic E-state index is 0.694. The molecule has 2 aromatic rings. The van der Waals surface area contributed by atoms with E-state index in [-0.39, 0.29) is 0 Å². The molecule has 0 radical (unpaired) electrons. The lowest BCUT2D eigenvalue weighted by atomic mass is 10.1. The molecule has 0 fully saturated rings. The number of benzene rings is 1. The van der Waals surface area contributed by atoms with Crippen molar-refractivity contribution in [2.75, 3.05) is 14.2 Å². The Kier molecular flexibility index (Phi) is 2.95. The van der Waals surface area contributed by atoms with E-state index in [0.29, 0.717) is 5.75 Å². The fourth-order valence-corrected chi connectivity index (χ4v) is 1.39. The minimum Gasteiger partial charge on any atom is -0.497 e. The third-order valence-corrected chi connectivity index (χ3v) is 2.18. The molecule has 0 aliphatic heterocycles. The van der Waals surface area contributed by atoms with E-state index < -0.39 is 0 Å². The second-order valence-corrected chi connectivity index (χ2v) is 3.06. The fourth-order valence-electron chi connectivity index (χ4n) is 1.39. The summed E-state index contributed by atoms with van der Waals surface area (Å²) >= 11 is 0. The van der Waals surface area contributed by atoms with Gasteiger partial charge in [0.25, 0.3) is 0 Å². The highest BCUT2D eigenvalue weighted by Crippen LogP contribution is 2.31. The molecule has 0 amide bonds. The highest BCUT2D eigenvalue weighted by molar-refractivity contribution is 5.67. The van der Waals surface area contributed by atoms with Gasteiger partial charge in [-0.15, -0.1) is 5.10 Å². The minimum absolute atomic E-state index is 0.694. The Morgan fingerprint density at radius 1 is 1.06 bits per heavy atom. The summed E-state index contributed by atoms with van der Waals surface area (Å²) in [5.74, 6) is 1.43. The maximum Gasteiger partial charge on any atom is 0.138 e. The Bertz CT molecular complexity index is 474. The van der Waals surface area contributed by atoms with Crippen molar-refractivity contribution in [2.24, 2.45) is 0 Å². The molecule has 0 N–H and O–H groups in total. The lowest BCUT2D eigenvalue weighted by Gasteiger charge is -2.08. The lowest BCUT2D eigenvalue weighted by Crippen LogP contribution is -1.93. The van der Waals surface area contributed by atoms with Gasteiger partial charge in [-0.1, -0.05) is 0 Å². The zero-order valence-corrected chi connectivity index (χ0v) is 9.04. The SMILES string of the molecule is COc1ccc(-c2cnncn2)c(OC)c1. The molecule has 2 rings (SSSR count). The highest BCUT2D eigenvalue weighted by atomic mass is 16.5. The summed E-state index contributed by atoms with van der Waals surface area (Å²) in [6, 6.07) is 5.53. The van der Waals surface area contributed by atoms with Crippen LogP contribution in [0.25, 0.3) is 11.3 Å². The molecule has 16 heavy (non-hydrogen) atoms.